The van der Waals surface area contributed by atoms with Crippen molar-refractivity contribution in [1.29, 1.82) is 0 Å². The molecule has 1 N–H and O–H groups in total. The first kappa shape index (κ1) is 12.0. The van der Waals surface area contributed by atoms with E-state index in [0.717, 1.165) is 28.2 Å². The van der Waals surface area contributed by atoms with Gasteiger partial charge in [-0.05, 0) is 24.1 Å². The number of ether oxygens (including phenoxy) is 2. The van der Waals surface area contributed by atoms with Gasteiger partial charge in [0.25, 0.3) is 0 Å². The molecule has 3 heteroatoms. The molecule has 1 aromatic carbocycles. The lowest BCUT2D eigenvalue weighted by Crippen LogP contribution is -2.19. The minimum absolute atomic E-state index is 0.0598. The molecule has 0 heterocycles. The molecule has 0 amide bonds. The molecule has 0 spiro atoms. The average molecular weight is 234 g/mol. The Bertz CT molecular complexity index is 463. The summed E-state index contributed by atoms with van der Waals surface area (Å²) >= 11 is 0. The molecule has 0 fully saturated rings. The fourth-order valence-electron chi connectivity index (χ4n) is 2.38. The zero-order chi connectivity index (χ0) is 12.6. The lowest BCUT2D eigenvalue weighted by atomic mass is 9.81. The van der Waals surface area contributed by atoms with Crippen molar-refractivity contribution < 1.29 is 14.6 Å². The smallest absolute Gasteiger partial charge is 0.130 e. The average Bonchev–Trinajstić information content (AvgIpc) is 2.36. The van der Waals surface area contributed by atoms with Gasteiger partial charge in [0, 0.05) is 5.92 Å². The number of hydrogen-bond acceptors (Lipinski definition) is 3. The van der Waals surface area contributed by atoms with Gasteiger partial charge in [0.15, 0.2) is 0 Å². The van der Waals surface area contributed by atoms with E-state index in [1.165, 1.54) is 0 Å². The standard InChI is InChI=1S/C14H18O3/c1-8-9(2)14(17-4)12-10(13(8)15)6-5-7-11(12)16-3/h5-8,13,15H,1-4H3/t8-,13+/m0/s1. The zero-order valence-electron chi connectivity index (χ0n) is 10.7. The van der Waals surface area contributed by atoms with Crippen LogP contribution in [0.3, 0.4) is 0 Å². The lowest BCUT2D eigenvalue weighted by Gasteiger charge is -2.31. The van der Waals surface area contributed by atoms with E-state index in [2.05, 4.69) is 0 Å². The molecule has 0 unspecified atom stereocenters. The van der Waals surface area contributed by atoms with Crippen LogP contribution in [-0.4, -0.2) is 19.3 Å². The number of benzene rings is 1. The van der Waals surface area contributed by atoms with Crippen molar-refractivity contribution in [1.82, 2.24) is 0 Å². The summed E-state index contributed by atoms with van der Waals surface area (Å²) in [6.45, 7) is 3.99. The highest BCUT2D eigenvalue weighted by atomic mass is 16.5. The first-order valence-corrected chi connectivity index (χ1v) is 5.71. The van der Waals surface area contributed by atoms with Gasteiger partial charge >= 0.3 is 0 Å². The van der Waals surface area contributed by atoms with Gasteiger partial charge in [0.1, 0.15) is 11.5 Å². The maximum atomic E-state index is 10.3. The molecule has 0 aliphatic heterocycles. The van der Waals surface area contributed by atoms with E-state index < -0.39 is 6.10 Å². The molecule has 2 rings (SSSR count). The Kier molecular flexibility index (Phi) is 3.11. The molecular formula is C14H18O3. The van der Waals surface area contributed by atoms with Gasteiger partial charge in [-0.2, -0.15) is 0 Å². The summed E-state index contributed by atoms with van der Waals surface area (Å²) in [6.07, 6.45) is -0.501. The molecule has 0 saturated heterocycles. The maximum Gasteiger partial charge on any atom is 0.130 e. The topological polar surface area (TPSA) is 38.7 Å². The fraction of sp³-hybridized carbons (Fsp3) is 0.429. The van der Waals surface area contributed by atoms with Crippen LogP contribution in [-0.2, 0) is 4.74 Å². The molecule has 1 aromatic rings. The highest BCUT2D eigenvalue weighted by Crippen LogP contribution is 2.44. The summed E-state index contributed by atoms with van der Waals surface area (Å²) in [5.74, 6) is 1.62. The molecule has 0 aromatic heterocycles. The summed E-state index contributed by atoms with van der Waals surface area (Å²) in [6, 6.07) is 5.69. The van der Waals surface area contributed by atoms with E-state index in [1.807, 2.05) is 32.0 Å². The number of hydrogen-bond donors (Lipinski definition) is 1. The third-order valence-corrected chi connectivity index (χ3v) is 3.54. The number of methoxy groups -OCH3 is 2. The molecule has 1 aliphatic rings. The van der Waals surface area contributed by atoms with Crippen molar-refractivity contribution in [3.8, 4) is 5.75 Å². The minimum Gasteiger partial charge on any atom is -0.496 e. The van der Waals surface area contributed by atoms with Gasteiger partial charge in [0.2, 0.25) is 0 Å². The SMILES string of the molecule is COC1=C(C)[C@H](C)[C@@H](O)c2cccc(OC)c21. The van der Waals surface area contributed by atoms with E-state index in [9.17, 15) is 5.11 Å². The second kappa shape index (κ2) is 4.41. The molecule has 0 saturated carbocycles. The number of aliphatic hydroxyl groups excluding tert-OH is 1. The fourth-order valence-corrected chi connectivity index (χ4v) is 2.38. The van der Waals surface area contributed by atoms with Crippen LogP contribution in [0.15, 0.2) is 23.8 Å². The summed E-state index contributed by atoms with van der Waals surface area (Å²) in [5.41, 5.74) is 2.80. The van der Waals surface area contributed by atoms with Crippen molar-refractivity contribution in [2.75, 3.05) is 14.2 Å². The highest BCUT2D eigenvalue weighted by Gasteiger charge is 2.32. The third kappa shape index (κ3) is 1.71. The molecule has 2 atom stereocenters. The van der Waals surface area contributed by atoms with Crippen molar-refractivity contribution in [3.05, 3.63) is 34.9 Å². The molecule has 1 aliphatic carbocycles. The van der Waals surface area contributed by atoms with Crippen LogP contribution >= 0.6 is 0 Å². The molecule has 0 bridgehead atoms. The van der Waals surface area contributed by atoms with Gasteiger partial charge in [-0.25, -0.2) is 0 Å². The number of rotatable bonds is 2. The zero-order valence-corrected chi connectivity index (χ0v) is 10.7. The normalized spacial score (nSPS) is 23.4. The Labute approximate surface area is 102 Å². The maximum absolute atomic E-state index is 10.3. The van der Waals surface area contributed by atoms with E-state index in [4.69, 9.17) is 9.47 Å². The van der Waals surface area contributed by atoms with Crippen molar-refractivity contribution in [2.24, 2.45) is 5.92 Å². The molecular weight excluding hydrogens is 216 g/mol. The number of aliphatic hydroxyl groups is 1. The Morgan fingerprint density at radius 1 is 1.18 bits per heavy atom. The predicted octanol–water partition coefficient (Wildman–Crippen LogP) is 2.76. The van der Waals surface area contributed by atoms with Crippen LogP contribution in [0.5, 0.6) is 5.75 Å². The Morgan fingerprint density at radius 2 is 1.88 bits per heavy atom. The molecule has 3 nitrogen and oxygen atoms in total. The van der Waals surface area contributed by atoms with Crippen LogP contribution in [0.25, 0.3) is 5.76 Å². The Morgan fingerprint density at radius 3 is 2.47 bits per heavy atom. The van der Waals surface area contributed by atoms with Crippen LogP contribution in [0, 0.1) is 5.92 Å². The minimum atomic E-state index is -0.501. The van der Waals surface area contributed by atoms with Gasteiger partial charge < -0.3 is 14.6 Å². The van der Waals surface area contributed by atoms with Crippen molar-refractivity contribution >= 4 is 5.76 Å². The monoisotopic (exact) mass is 234 g/mol. The van der Waals surface area contributed by atoms with Crippen LogP contribution in [0.4, 0.5) is 0 Å². The summed E-state index contributed by atoms with van der Waals surface area (Å²) in [7, 11) is 3.28. The number of fused-ring (bicyclic) bond motifs is 1. The van der Waals surface area contributed by atoms with Crippen molar-refractivity contribution in [3.63, 3.8) is 0 Å². The van der Waals surface area contributed by atoms with Gasteiger partial charge in [0.05, 0.1) is 25.9 Å². The van der Waals surface area contributed by atoms with Crippen molar-refractivity contribution in [2.45, 2.75) is 20.0 Å². The van der Waals surface area contributed by atoms with Gasteiger partial charge in [-0.3, -0.25) is 0 Å². The second-order valence-electron chi connectivity index (χ2n) is 4.37. The molecule has 0 radical (unpaired) electrons. The van der Waals surface area contributed by atoms with E-state index in [1.54, 1.807) is 14.2 Å². The van der Waals surface area contributed by atoms with Crippen LogP contribution in [0.2, 0.25) is 0 Å². The second-order valence-corrected chi connectivity index (χ2v) is 4.37. The van der Waals surface area contributed by atoms with E-state index in [-0.39, 0.29) is 5.92 Å². The summed E-state index contributed by atoms with van der Waals surface area (Å²) in [4.78, 5) is 0. The predicted molar refractivity (Wildman–Crippen MR) is 66.7 cm³/mol. The van der Waals surface area contributed by atoms with Crippen LogP contribution in [0.1, 0.15) is 31.1 Å². The Balaban J connectivity index is 2.71. The lowest BCUT2D eigenvalue weighted by molar-refractivity contribution is 0.128. The summed E-state index contributed by atoms with van der Waals surface area (Å²) in [5, 5.41) is 10.3. The van der Waals surface area contributed by atoms with Gasteiger partial charge in [-0.15, -0.1) is 0 Å². The quantitative estimate of drug-likeness (QED) is 0.855. The van der Waals surface area contributed by atoms with Crippen LogP contribution < -0.4 is 4.74 Å². The molecule has 17 heavy (non-hydrogen) atoms. The highest BCUT2D eigenvalue weighted by molar-refractivity contribution is 5.74. The van der Waals surface area contributed by atoms with E-state index >= 15 is 0 Å². The third-order valence-electron chi connectivity index (χ3n) is 3.54. The van der Waals surface area contributed by atoms with E-state index in [0.29, 0.717) is 0 Å². The Hall–Kier alpha value is -1.48. The largest absolute Gasteiger partial charge is 0.496 e. The first-order chi connectivity index (χ1) is 8.11. The first-order valence-electron chi connectivity index (χ1n) is 5.71. The van der Waals surface area contributed by atoms with Gasteiger partial charge in [-0.1, -0.05) is 19.1 Å². The summed E-state index contributed by atoms with van der Waals surface area (Å²) < 4.78 is 10.8. The molecule has 92 valence electrons.